The molecular weight excluding hydrogens is 312 g/mol. The van der Waals surface area contributed by atoms with Crippen LogP contribution in [0, 0.1) is 0 Å². The molecule has 0 bridgehead atoms. The highest BCUT2D eigenvalue weighted by Crippen LogP contribution is 2.32. The van der Waals surface area contributed by atoms with Crippen LogP contribution in [-0.2, 0) is 11.3 Å². The molecule has 21 heavy (non-hydrogen) atoms. The number of benzene rings is 1. The van der Waals surface area contributed by atoms with E-state index in [1.807, 2.05) is 6.07 Å². The first-order valence-corrected chi connectivity index (χ1v) is 7.08. The molecule has 0 aliphatic rings. The number of fused-ring (bicyclic) bond motifs is 1. The number of nitrogen functional groups attached to an aromatic ring is 1. The first kappa shape index (κ1) is 13.9. The molecule has 0 saturated carbocycles. The molecule has 0 unspecified atom stereocenters. The monoisotopic (exact) mass is 322 g/mol. The van der Waals surface area contributed by atoms with E-state index in [9.17, 15) is 0 Å². The number of anilines is 3. The number of nitrogens with one attached hydrogen (secondary N) is 1. The van der Waals surface area contributed by atoms with Crippen molar-refractivity contribution in [3.05, 3.63) is 29.0 Å². The summed E-state index contributed by atoms with van der Waals surface area (Å²) in [6.07, 6.45) is 0. The average Bonchev–Trinajstić information content (AvgIpc) is 2.90. The second-order valence-corrected chi connectivity index (χ2v) is 5.14. The van der Waals surface area contributed by atoms with E-state index in [0.717, 1.165) is 17.2 Å². The average molecular weight is 323 g/mol. The van der Waals surface area contributed by atoms with Gasteiger partial charge in [0.1, 0.15) is 29.3 Å². The highest BCUT2D eigenvalue weighted by atomic mass is 35.5. The zero-order chi connectivity index (χ0) is 14.8. The maximum atomic E-state index is 6.23. The van der Waals surface area contributed by atoms with Crippen molar-refractivity contribution in [1.82, 2.24) is 18.7 Å². The van der Waals surface area contributed by atoms with Gasteiger partial charge in [-0.2, -0.15) is 8.75 Å². The first-order valence-electron chi connectivity index (χ1n) is 5.97. The standard InChI is InChI=1S/C12H11ClN6OS/c1-20-5-10-15-8(14)4-9(16-10)17-11-6(13)2-3-7-12(11)19-21-18-7/h2-4H,5H2,1H3,(H3,14,15,16,17). The smallest absolute Gasteiger partial charge is 0.158 e. The highest BCUT2D eigenvalue weighted by Gasteiger charge is 2.12. The van der Waals surface area contributed by atoms with Crippen LogP contribution in [0.4, 0.5) is 17.3 Å². The minimum Gasteiger partial charge on any atom is -0.384 e. The van der Waals surface area contributed by atoms with Gasteiger partial charge in [-0.25, -0.2) is 9.97 Å². The van der Waals surface area contributed by atoms with E-state index in [-0.39, 0.29) is 6.61 Å². The van der Waals surface area contributed by atoms with E-state index >= 15 is 0 Å². The fraction of sp³-hybridized carbons (Fsp3) is 0.167. The second-order valence-electron chi connectivity index (χ2n) is 4.21. The third kappa shape index (κ3) is 2.87. The van der Waals surface area contributed by atoms with Gasteiger partial charge < -0.3 is 15.8 Å². The molecule has 3 rings (SSSR count). The molecule has 2 heterocycles. The lowest BCUT2D eigenvalue weighted by atomic mass is 10.2. The molecule has 7 nitrogen and oxygen atoms in total. The minimum atomic E-state index is 0.274. The molecule has 0 radical (unpaired) electrons. The van der Waals surface area contributed by atoms with Gasteiger partial charge in [0.05, 0.1) is 22.4 Å². The van der Waals surface area contributed by atoms with Crippen molar-refractivity contribution in [1.29, 1.82) is 0 Å². The number of methoxy groups -OCH3 is 1. The van der Waals surface area contributed by atoms with Crippen molar-refractivity contribution in [2.75, 3.05) is 18.2 Å². The molecule has 108 valence electrons. The van der Waals surface area contributed by atoms with Crippen LogP contribution in [0.5, 0.6) is 0 Å². The molecule has 2 aromatic heterocycles. The Bertz CT molecular complexity index is 793. The fourth-order valence-corrected chi connectivity index (χ4v) is 2.59. The summed E-state index contributed by atoms with van der Waals surface area (Å²) >= 11 is 7.35. The summed E-state index contributed by atoms with van der Waals surface area (Å²) in [5, 5.41) is 3.65. The summed E-state index contributed by atoms with van der Waals surface area (Å²) < 4.78 is 13.4. The highest BCUT2D eigenvalue weighted by molar-refractivity contribution is 7.00. The Morgan fingerprint density at radius 1 is 1.33 bits per heavy atom. The van der Waals surface area contributed by atoms with E-state index < -0.39 is 0 Å². The Kier molecular flexibility index (Phi) is 3.82. The molecular formula is C12H11ClN6OS. The maximum absolute atomic E-state index is 6.23. The molecule has 3 N–H and O–H groups in total. The molecule has 0 spiro atoms. The topological polar surface area (TPSA) is 98.8 Å². The summed E-state index contributed by atoms with van der Waals surface area (Å²) in [4.78, 5) is 8.40. The van der Waals surface area contributed by atoms with Gasteiger partial charge in [-0.15, -0.1) is 0 Å². The number of nitrogens with two attached hydrogens (primary N) is 1. The zero-order valence-corrected chi connectivity index (χ0v) is 12.6. The lowest BCUT2D eigenvalue weighted by molar-refractivity contribution is 0.178. The molecule has 0 atom stereocenters. The first-order chi connectivity index (χ1) is 10.2. The fourth-order valence-electron chi connectivity index (χ4n) is 1.85. The number of rotatable bonds is 4. The minimum absolute atomic E-state index is 0.274. The largest absolute Gasteiger partial charge is 0.384 e. The number of hydrogen-bond acceptors (Lipinski definition) is 8. The van der Waals surface area contributed by atoms with E-state index in [2.05, 4.69) is 24.0 Å². The summed E-state index contributed by atoms with van der Waals surface area (Å²) in [7, 11) is 1.57. The van der Waals surface area contributed by atoms with Crippen LogP contribution < -0.4 is 11.1 Å². The van der Waals surface area contributed by atoms with Crippen molar-refractivity contribution < 1.29 is 4.74 Å². The summed E-state index contributed by atoms with van der Waals surface area (Å²) in [6, 6.07) is 5.19. The Balaban J connectivity index is 2.02. The van der Waals surface area contributed by atoms with Crippen LogP contribution in [0.2, 0.25) is 5.02 Å². The van der Waals surface area contributed by atoms with E-state index in [1.165, 1.54) is 0 Å². The lowest BCUT2D eigenvalue weighted by Crippen LogP contribution is -2.04. The maximum Gasteiger partial charge on any atom is 0.158 e. The Hall–Kier alpha value is -2.03. The summed E-state index contributed by atoms with van der Waals surface area (Å²) in [5.74, 6) is 1.36. The number of ether oxygens (including phenoxy) is 1. The van der Waals surface area contributed by atoms with E-state index in [1.54, 1.807) is 19.2 Å². The van der Waals surface area contributed by atoms with E-state index in [4.69, 9.17) is 22.1 Å². The number of hydrogen-bond donors (Lipinski definition) is 2. The van der Waals surface area contributed by atoms with Crippen LogP contribution in [0.15, 0.2) is 18.2 Å². The normalized spacial score (nSPS) is 11.0. The second kappa shape index (κ2) is 5.76. The molecule has 0 saturated heterocycles. The van der Waals surface area contributed by atoms with Gasteiger partial charge in [-0.1, -0.05) is 11.6 Å². The lowest BCUT2D eigenvalue weighted by Gasteiger charge is -2.10. The third-order valence-corrected chi connectivity index (χ3v) is 3.55. The molecule has 3 aromatic rings. The molecule has 1 aromatic carbocycles. The van der Waals surface area contributed by atoms with Gasteiger partial charge in [-0.05, 0) is 12.1 Å². The van der Waals surface area contributed by atoms with Crippen LogP contribution in [0.1, 0.15) is 5.82 Å². The Labute approximate surface area is 129 Å². The van der Waals surface area contributed by atoms with E-state index in [0.29, 0.717) is 33.7 Å². The van der Waals surface area contributed by atoms with Crippen molar-refractivity contribution in [2.45, 2.75) is 6.61 Å². The summed E-state index contributed by atoms with van der Waals surface area (Å²) in [5.41, 5.74) is 7.87. The van der Waals surface area contributed by atoms with Crippen molar-refractivity contribution in [3.8, 4) is 0 Å². The zero-order valence-electron chi connectivity index (χ0n) is 11.0. The van der Waals surface area contributed by atoms with Gasteiger partial charge in [0.25, 0.3) is 0 Å². The predicted octanol–water partition coefficient (Wildman–Crippen LogP) is 2.61. The number of aromatic nitrogens is 4. The SMILES string of the molecule is COCc1nc(N)cc(Nc2c(Cl)ccc3nsnc23)n1. The summed E-state index contributed by atoms with van der Waals surface area (Å²) in [6.45, 7) is 0.274. The Morgan fingerprint density at radius 3 is 3.00 bits per heavy atom. The Morgan fingerprint density at radius 2 is 2.19 bits per heavy atom. The molecule has 0 amide bonds. The predicted molar refractivity (Wildman–Crippen MR) is 82.9 cm³/mol. The number of halogens is 1. The van der Waals surface area contributed by atoms with Gasteiger partial charge in [0, 0.05) is 13.2 Å². The van der Waals surface area contributed by atoms with Gasteiger partial charge >= 0.3 is 0 Å². The van der Waals surface area contributed by atoms with Crippen molar-refractivity contribution >= 4 is 51.7 Å². The molecule has 0 aliphatic carbocycles. The van der Waals surface area contributed by atoms with Gasteiger partial charge in [0.2, 0.25) is 0 Å². The van der Waals surface area contributed by atoms with Crippen LogP contribution in [-0.4, -0.2) is 25.8 Å². The van der Waals surface area contributed by atoms with Crippen molar-refractivity contribution in [2.24, 2.45) is 0 Å². The quantitative estimate of drug-likeness (QED) is 0.761. The van der Waals surface area contributed by atoms with Crippen LogP contribution >= 0.6 is 23.3 Å². The molecule has 0 fully saturated rings. The third-order valence-electron chi connectivity index (χ3n) is 2.70. The van der Waals surface area contributed by atoms with Crippen molar-refractivity contribution in [3.63, 3.8) is 0 Å². The van der Waals surface area contributed by atoms with Gasteiger partial charge in [-0.3, -0.25) is 0 Å². The molecule has 9 heteroatoms. The van der Waals surface area contributed by atoms with Crippen LogP contribution in [0.3, 0.4) is 0 Å². The molecule has 0 aliphatic heterocycles. The van der Waals surface area contributed by atoms with Gasteiger partial charge in [0.15, 0.2) is 5.82 Å². The number of nitrogens with zero attached hydrogens (tertiary/aromatic N) is 4. The van der Waals surface area contributed by atoms with Crippen LogP contribution in [0.25, 0.3) is 11.0 Å².